The molecule has 0 saturated carbocycles. The van der Waals surface area contributed by atoms with Crippen molar-refractivity contribution in [3.63, 3.8) is 0 Å². The number of benzene rings is 1. The van der Waals surface area contributed by atoms with Crippen LogP contribution >= 0.6 is 35.0 Å². The minimum Gasteiger partial charge on any atom is -0.456 e. The summed E-state index contributed by atoms with van der Waals surface area (Å²) in [7, 11) is 0. The molecule has 0 bridgehead atoms. The summed E-state index contributed by atoms with van der Waals surface area (Å²) < 4.78 is 5.22. The molecule has 1 aromatic carbocycles. The van der Waals surface area contributed by atoms with Gasteiger partial charge in [-0.25, -0.2) is 0 Å². The van der Waals surface area contributed by atoms with Crippen molar-refractivity contribution in [1.82, 2.24) is 10.2 Å². The normalized spacial score (nSPS) is 15.7. The van der Waals surface area contributed by atoms with E-state index in [0.717, 1.165) is 16.7 Å². The Balaban J connectivity index is 1.61. The minimum absolute atomic E-state index is 0.0643. The van der Waals surface area contributed by atoms with Crippen molar-refractivity contribution < 1.29 is 18.8 Å². The molecule has 140 valence electrons. The van der Waals surface area contributed by atoms with Crippen LogP contribution in [0.25, 0.3) is 6.08 Å². The third-order valence-electron chi connectivity index (χ3n) is 3.70. The minimum atomic E-state index is -0.417. The van der Waals surface area contributed by atoms with Crippen LogP contribution < -0.4 is 5.32 Å². The predicted octanol–water partition coefficient (Wildman–Crippen LogP) is 4.36. The van der Waals surface area contributed by atoms with Crippen molar-refractivity contribution in [3.8, 4) is 0 Å². The zero-order valence-corrected chi connectivity index (χ0v) is 16.5. The number of imide groups is 1. The molecule has 1 N–H and O–H groups in total. The number of thioether (sulfide) groups is 1. The number of rotatable bonds is 5. The van der Waals surface area contributed by atoms with Crippen LogP contribution in [0.3, 0.4) is 0 Å². The molecule has 0 radical (unpaired) electrons. The van der Waals surface area contributed by atoms with Crippen LogP contribution in [0.5, 0.6) is 0 Å². The van der Waals surface area contributed by atoms with Crippen LogP contribution in [-0.2, 0) is 4.79 Å². The quantitative estimate of drug-likeness (QED) is 0.721. The van der Waals surface area contributed by atoms with Gasteiger partial charge in [-0.05, 0) is 54.6 Å². The first-order chi connectivity index (χ1) is 12.8. The van der Waals surface area contributed by atoms with Crippen molar-refractivity contribution >= 4 is 58.1 Å². The Morgan fingerprint density at radius 1 is 1.22 bits per heavy atom. The highest BCUT2D eigenvalue weighted by Crippen LogP contribution is 2.33. The highest BCUT2D eigenvalue weighted by atomic mass is 35.5. The molecule has 1 aromatic heterocycles. The van der Waals surface area contributed by atoms with Gasteiger partial charge in [0, 0.05) is 13.1 Å². The summed E-state index contributed by atoms with van der Waals surface area (Å²) >= 11 is 12.7. The second-order valence-electron chi connectivity index (χ2n) is 5.67. The molecular weight excluding hydrogens is 411 g/mol. The van der Waals surface area contributed by atoms with E-state index in [9.17, 15) is 14.4 Å². The lowest BCUT2D eigenvalue weighted by atomic mass is 10.2. The fourth-order valence-electron chi connectivity index (χ4n) is 2.37. The Kier molecular flexibility index (Phi) is 5.94. The van der Waals surface area contributed by atoms with Crippen LogP contribution in [-0.4, -0.2) is 35.0 Å². The van der Waals surface area contributed by atoms with E-state index in [0.29, 0.717) is 21.4 Å². The van der Waals surface area contributed by atoms with Gasteiger partial charge in [0.1, 0.15) is 5.76 Å². The molecule has 0 atom stereocenters. The number of nitrogens with zero attached hydrogens (tertiary/aromatic N) is 1. The average molecular weight is 425 g/mol. The first-order valence-electron chi connectivity index (χ1n) is 7.90. The molecule has 1 aliphatic rings. The average Bonchev–Trinajstić information content (AvgIpc) is 3.16. The monoisotopic (exact) mass is 424 g/mol. The van der Waals surface area contributed by atoms with Crippen LogP contribution in [0.1, 0.15) is 21.9 Å². The maximum absolute atomic E-state index is 12.4. The van der Waals surface area contributed by atoms with Gasteiger partial charge in [-0.2, -0.15) is 0 Å². The van der Waals surface area contributed by atoms with Gasteiger partial charge in [0.2, 0.25) is 0 Å². The van der Waals surface area contributed by atoms with Gasteiger partial charge in [0.15, 0.2) is 5.76 Å². The molecule has 2 heterocycles. The number of aryl methyl sites for hydroxylation is 1. The number of amides is 3. The molecule has 6 nitrogen and oxygen atoms in total. The fraction of sp³-hybridized carbons (Fsp3) is 0.167. The van der Waals surface area contributed by atoms with E-state index < -0.39 is 17.1 Å². The number of halogens is 2. The summed E-state index contributed by atoms with van der Waals surface area (Å²) in [6.07, 6.45) is 1.58. The molecule has 0 spiro atoms. The third-order valence-corrected chi connectivity index (χ3v) is 5.35. The molecule has 1 aliphatic heterocycles. The van der Waals surface area contributed by atoms with Crippen molar-refractivity contribution in [3.05, 3.63) is 62.4 Å². The number of nitrogens with one attached hydrogen (secondary N) is 1. The standard InChI is InChI=1S/C18H14Cl2N2O4S/c1-10-2-5-14(26-10)16(23)21-6-7-22-17(24)15(27-18(22)25)9-11-3-4-12(19)13(20)8-11/h2-5,8-9H,6-7H2,1H3,(H,21,23)/b15-9+. The van der Waals surface area contributed by atoms with Gasteiger partial charge >= 0.3 is 0 Å². The van der Waals surface area contributed by atoms with E-state index in [1.54, 1.807) is 43.3 Å². The van der Waals surface area contributed by atoms with E-state index in [2.05, 4.69) is 5.32 Å². The van der Waals surface area contributed by atoms with Gasteiger partial charge in [0.25, 0.3) is 17.1 Å². The summed E-state index contributed by atoms with van der Waals surface area (Å²) in [6, 6.07) is 8.17. The van der Waals surface area contributed by atoms with Gasteiger partial charge in [-0.1, -0.05) is 29.3 Å². The third kappa shape index (κ3) is 4.55. The van der Waals surface area contributed by atoms with E-state index in [-0.39, 0.29) is 23.8 Å². The molecule has 9 heteroatoms. The molecular formula is C18H14Cl2N2O4S. The SMILES string of the molecule is Cc1ccc(C(=O)NCCN2C(=O)S/C(=C/c3ccc(Cl)c(Cl)c3)C2=O)o1. The summed E-state index contributed by atoms with van der Waals surface area (Å²) in [5.74, 6) is -0.0136. The molecule has 3 amide bonds. The van der Waals surface area contributed by atoms with Gasteiger partial charge in [-0.15, -0.1) is 0 Å². The summed E-state index contributed by atoms with van der Waals surface area (Å²) in [4.78, 5) is 37.8. The van der Waals surface area contributed by atoms with Crippen LogP contribution in [0, 0.1) is 6.92 Å². The Morgan fingerprint density at radius 2 is 2.00 bits per heavy atom. The predicted molar refractivity (Wildman–Crippen MR) is 105 cm³/mol. The van der Waals surface area contributed by atoms with Crippen LogP contribution in [0.2, 0.25) is 10.0 Å². The second kappa shape index (κ2) is 8.21. The van der Waals surface area contributed by atoms with E-state index in [4.69, 9.17) is 27.6 Å². The Hall–Kier alpha value is -2.22. The maximum Gasteiger partial charge on any atom is 0.293 e. The molecule has 2 aromatic rings. The van der Waals surface area contributed by atoms with Gasteiger partial charge in [0.05, 0.1) is 15.0 Å². The molecule has 3 rings (SSSR count). The zero-order chi connectivity index (χ0) is 19.6. The summed E-state index contributed by atoms with van der Waals surface area (Å²) in [6.45, 7) is 1.92. The topological polar surface area (TPSA) is 79.6 Å². The zero-order valence-electron chi connectivity index (χ0n) is 14.1. The Morgan fingerprint density at radius 3 is 2.67 bits per heavy atom. The lowest BCUT2D eigenvalue weighted by Gasteiger charge is -2.12. The Bertz CT molecular complexity index is 955. The number of hydrogen-bond donors (Lipinski definition) is 1. The lowest BCUT2D eigenvalue weighted by Crippen LogP contribution is -2.37. The fourth-order valence-corrected chi connectivity index (χ4v) is 3.54. The number of furan rings is 1. The van der Waals surface area contributed by atoms with Crippen molar-refractivity contribution in [2.75, 3.05) is 13.1 Å². The van der Waals surface area contributed by atoms with Crippen molar-refractivity contribution in [2.45, 2.75) is 6.92 Å². The van der Waals surface area contributed by atoms with Crippen LogP contribution in [0.4, 0.5) is 4.79 Å². The number of carbonyl (C=O) groups excluding carboxylic acids is 3. The van der Waals surface area contributed by atoms with Crippen molar-refractivity contribution in [1.29, 1.82) is 0 Å². The molecule has 1 fully saturated rings. The summed E-state index contributed by atoms with van der Waals surface area (Å²) in [5.41, 5.74) is 0.663. The lowest BCUT2D eigenvalue weighted by molar-refractivity contribution is -0.122. The Labute approximate surface area is 169 Å². The largest absolute Gasteiger partial charge is 0.456 e. The molecule has 0 unspecified atom stereocenters. The summed E-state index contributed by atoms with van der Waals surface area (Å²) in [5, 5.41) is 2.99. The highest BCUT2D eigenvalue weighted by molar-refractivity contribution is 8.18. The number of hydrogen-bond acceptors (Lipinski definition) is 5. The van der Waals surface area contributed by atoms with Gasteiger partial charge in [-0.3, -0.25) is 19.3 Å². The molecule has 1 saturated heterocycles. The first-order valence-corrected chi connectivity index (χ1v) is 9.47. The number of carbonyl (C=O) groups is 3. The second-order valence-corrected chi connectivity index (χ2v) is 7.48. The van der Waals surface area contributed by atoms with Gasteiger partial charge < -0.3 is 9.73 Å². The van der Waals surface area contributed by atoms with E-state index >= 15 is 0 Å². The van der Waals surface area contributed by atoms with Crippen LogP contribution in [0.15, 0.2) is 39.7 Å². The first kappa shape index (κ1) is 19.5. The van der Waals surface area contributed by atoms with E-state index in [1.807, 2.05) is 0 Å². The van der Waals surface area contributed by atoms with E-state index in [1.165, 1.54) is 0 Å². The molecule has 0 aliphatic carbocycles. The van der Waals surface area contributed by atoms with Crippen molar-refractivity contribution in [2.24, 2.45) is 0 Å². The maximum atomic E-state index is 12.4. The smallest absolute Gasteiger partial charge is 0.293 e. The molecule has 27 heavy (non-hydrogen) atoms. The highest BCUT2D eigenvalue weighted by Gasteiger charge is 2.34.